The lowest BCUT2D eigenvalue weighted by Gasteiger charge is -2.34. The van der Waals surface area contributed by atoms with Gasteiger partial charge in [-0.15, -0.1) is 0 Å². The third-order valence-electron chi connectivity index (χ3n) is 6.13. The van der Waals surface area contributed by atoms with Crippen LogP contribution in [0.15, 0.2) is 24.3 Å². The van der Waals surface area contributed by atoms with Crippen molar-refractivity contribution in [2.45, 2.75) is 38.7 Å². The zero-order chi connectivity index (χ0) is 23.1. The van der Waals surface area contributed by atoms with Crippen LogP contribution < -0.4 is 0 Å². The highest BCUT2D eigenvalue weighted by Crippen LogP contribution is 2.18. The van der Waals surface area contributed by atoms with Crippen LogP contribution >= 0.6 is 11.6 Å². The molecule has 0 radical (unpaired) electrons. The molecule has 2 fully saturated rings. The van der Waals surface area contributed by atoms with Gasteiger partial charge in [0.1, 0.15) is 5.82 Å². The van der Waals surface area contributed by atoms with E-state index in [9.17, 15) is 19.1 Å². The molecule has 32 heavy (non-hydrogen) atoms. The molecule has 1 aromatic carbocycles. The number of benzene rings is 1. The first-order valence-electron chi connectivity index (χ1n) is 11.4. The van der Waals surface area contributed by atoms with Crippen molar-refractivity contribution < 1.29 is 19.1 Å². The smallest absolute Gasteiger partial charge is 0.246 e. The van der Waals surface area contributed by atoms with Gasteiger partial charge in [-0.25, -0.2) is 4.39 Å². The summed E-state index contributed by atoms with van der Waals surface area (Å²) in [5.41, 5.74) is 0.646. The lowest BCUT2D eigenvalue weighted by Crippen LogP contribution is -2.42. The predicted molar refractivity (Wildman–Crippen MR) is 124 cm³/mol. The molecular weight excluding hydrogens is 433 g/mol. The van der Waals surface area contributed by atoms with Crippen molar-refractivity contribution in [1.29, 1.82) is 0 Å². The fourth-order valence-electron chi connectivity index (χ4n) is 4.46. The largest absolute Gasteiger partial charge is 0.392 e. The Morgan fingerprint density at radius 3 is 2.75 bits per heavy atom. The summed E-state index contributed by atoms with van der Waals surface area (Å²) in [6.07, 6.45) is 5.90. The Kier molecular flexibility index (Phi) is 9.08. The first-order chi connectivity index (χ1) is 15.3. The second kappa shape index (κ2) is 11.8. The Morgan fingerprint density at radius 2 is 2.00 bits per heavy atom. The number of carbonyl (C=O) groups excluding carboxylic acids is 2. The lowest BCUT2D eigenvalue weighted by atomic mass is 9.98. The SMILES string of the molecule is C[C@H]1C[C@@H](O)CN(CCCCN2CCN(C(=O)C=Cc3ccc(F)c(Cl)c3)CCC2=O)C1. The maximum Gasteiger partial charge on any atom is 0.246 e. The average molecular weight is 466 g/mol. The molecule has 0 unspecified atom stereocenters. The molecule has 0 saturated carbocycles. The molecule has 3 rings (SSSR count). The van der Waals surface area contributed by atoms with Gasteiger partial charge >= 0.3 is 0 Å². The number of amides is 2. The third kappa shape index (κ3) is 7.29. The van der Waals surface area contributed by atoms with E-state index < -0.39 is 5.82 Å². The molecule has 8 heteroatoms. The molecule has 2 amide bonds. The van der Waals surface area contributed by atoms with E-state index in [2.05, 4.69) is 11.8 Å². The van der Waals surface area contributed by atoms with Crippen LogP contribution in [-0.4, -0.2) is 83.5 Å². The molecule has 6 nitrogen and oxygen atoms in total. The van der Waals surface area contributed by atoms with Gasteiger partial charge in [0.05, 0.1) is 11.1 Å². The van der Waals surface area contributed by atoms with Crippen LogP contribution in [0.5, 0.6) is 0 Å². The third-order valence-corrected chi connectivity index (χ3v) is 6.42. The fourth-order valence-corrected chi connectivity index (χ4v) is 4.65. The van der Waals surface area contributed by atoms with Crippen LogP contribution in [0.3, 0.4) is 0 Å². The first-order valence-corrected chi connectivity index (χ1v) is 11.8. The van der Waals surface area contributed by atoms with Crippen molar-refractivity contribution >= 4 is 29.5 Å². The first kappa shape index (κ1) is 24.7. The highest BCUT2D eigenvalue weighted by molar-refractivity contribution is 6.30. The summed E-state index contributed by atoms with van der Waals surface area (Å²) in [7, 11) is 0. The summed E-state index contributed by atoms with van der Waals surface area (Å²) in [5, 5.41) is 9.93. The number of rotatable bonds is 7. The van der Waals surface area contributed by atoms with E-state index in [1.54, 1.807) is 17.0 Å². The van der Waals surface area contributed by atoms with Crippen LogP contribution in [0.1, 0.15) is 38.2 Å². The Bertz CT molecular complexity index is 825. The second-order valence-electron chi connectivity index (χ2n) is 8.92. The quantitative estimate of drug-likeness (QED) is 0.496. The zero-order valence-electron chi connectivity index (χ0n) is 18.7. The monoisotopic (exact) mass is 465 g/mol. The Morgan fingerprint density at radius 1 is 1.22 bits per heavy atom. The molecular formula is C24H33ClFN3O3. The Hall–Kier alpha value is -1.96. The van der Waals surface area contributed by atoms with Gasteiger partial charge in [-0.05, 0) is 55.5 Å². The summed E-state index contributed by atoms with van der Waals surface area (Å²) < 4.78 is 13.3. The van der Waals surface area contributed by atoms with E-state index in [0.29, 0.717) is 44.1 Å². The molecule has 1 aromatic rings. The molecule has 0 spiro atoms. The van der Waals surface area contributed by atoms with E-state index in [1.807, 2.05) is 4.90 Å². The molecule has 2 aliphatic rings. The van der Waals surface area contributed by atoms with E-state index in [0.717, 1.165) is 38.9 Å². The van der Waals surface area contributed by atoms with Crippen LogP contribution in [0.2, 0.25) is 5.02 Å². The molecule has 1 N–H and O–H groups in total. The molecule has 2 aliphatic heterocycles. The van der Waals surface area contributed by atoms with Crippen molar-refractivity contribution in [2.24, 2.45) is 5.92 Å². The van der Waals surface area contributed by atoms with Gasteiger partial charge in [-0.1, -0.05) is 24.6 Å². The van der Waals surface area contributed by atoms with Crippen molar-refractivity contribution in [3.05, 3.63) is 40.7 Å². The number of hydrogen-bond acceptors (Lipinski definition) is 4. The number of halogens is 2. The van der Waals surface area contributed by atoms with Gasteiger partial charge in [-0.3, -0.25) is 9.59 Å². The predicted octanol–water partition coefficient (Wildman–Crippen LogP) is 3.04. The topological polar surface area (TPSA) is 64.1 Å². The number of nitrogens with zero attached hydrogens (tertiary/aromatic N) is 3. The molecule has 176 valence electrons. The van der Waals surface area contributed by atoms with Gasteiger partial charge < -0.3 is 19.8 Å². The molecule has 2 saturated heterocycles. The van der Waals surface area contributed by atoms with Gasteiger partial charge in [0.25, 0.3) is 0 Å². The van der Waals surface area contributed by atoms with Gasteiger partial charge in [0, 0.05) is 51.8 Å². The molecule has 0 aromatic heterocycles. The summed E-state index contributed by atoms with van der Waals surface area (Å²) >= 11 is 5.78. The van der Waals surface area contributed by atoms with Gasteiger partial charge in [-0.2, -0.15) is 0 Å². The number of hydrogen-bond donors (Lipinski definition) is 1. The zero-order valence-corrected chi connectivity index (χ0v) is 19.4. The minimum atomic E-state index is -0.496. The van der Waals surface area contributed by atoms with Gasteiger partial charge in [0.2, 0.25) is 11.8 Å². The number of carbonyl (C=O) groups is 2. The summed E-state index contributed by atoms with van der Waals surface area (Å²) in [4.78, 5) is 30.9. The number of likely N-dealkylation sites (tertiary alicyclic amines) is 1. The second-order valence-corrected chi connectivity index (χ2v) is 9.33. The van der Waals surface area contributed by atoms with Crippen LogP contribution in [0.25, 0.3) is 6.08 Å². The maximum absolute atomic E-state index is 13.3. The lowest BCUT2D eigenvalue weighted by molar-refractivity contribution is -0.130. The van der Waals surface area contributed by atoms with Crippen molar-refractivity contribution in [3.63, 3.8) is 0 Å². The van der Waals surface area contributed by atoms with Crippen LogP contribution in [0.4, 0.5) is 4.39 Å². The molecule has 2 heterocycles. The highest BCUT2D eigenvalue weighted by Gasteiger charge is 2.24. The van der Waals surface area contributed by atoms with Crippen LogP contribution in [0, 0.1) is 11.7 Å². The van der Waals surface area contributed by atoms with Crippen molar-refractivity contribution in [2.75, 3.05) is 45.8 Å². The number of unbranched alkanes of at least 4 members (excludes halogenated alkanes) is 1. The van der Waals surface area contributed by atoms with Crippen LogP contribution in [-0.2, 0) is 9.59 Å². The standard InChI is InChI=1S/C24H33ClFN3O3/c1-18-14-20(30)17-27(16-18)9-2-3-10-28-12-13-29(11-8-24(28)32)23(31)7-5-19-4-6-22(26)21(25)15-19/h4-7,15,18,20,30H,2-3,8-14,16-17H2,1H3/t18-,20+/m0/s1. The minimum Gasteiger partial charge on any atom is -0.392 e. The van der Waals surface area contributed by atoms with E-state index in [1.165, 1.54) is 18.2 Å². The number of aliphatic hydroxyl groups excluding tert-OH is 1. The summed E-state index contributed by atoms with van der Waals surface area (Å²) in [6, 6.07) is 4.30. The molecule has 0 aliphatic carbocycles. The average Bonchev–Trinajstić information content (AvgIpc) is 2.93. The van der Waals surface area contributed by atoms with E-state index >= 15 is 0 Å². The highest BCUT2D eigenvalue weighted by atomic mass is 35.5. The number of aliphatic hydroxyl groups is 1. The van der Waals surface area contributed by atoms with Crippen molar-refractivity contribution in [1.82, 2.24) is 14.7 Å². The fraction of sp³-hybridized carbons (Fsp3) is 0.583. The Labute approximate surface area is 194 Å². The summed E-state index contributed by atoms with van der Waals surface area (Å²) in [6.45, 7) is 6.98. The van der Waals surface area contributed by atoms with Gasteiger partial charge in [0.15, 0.2) is 0 Å². The minimum absolute atomic E-state index is 0.0154. The van der Waals surface area contributed by atoms with Crippen molar-refractivity contribution in [3.8, 4) is 0 Å². The summed E-state index contributed by atoms with van der Waals surface area (Å²) in [5.74, 6) is -0.0672. The Balaban J connectivity index is 1.42. The number of β-amino-alcohol motifs (C(OH)–C–C–N with tert-alkyl or cyclic N) is 1. The molecule has 0 bridgehead atoms. The molecule has 2 atom stereocenters. The van der Waals surface area contributed by atoms with E-state index in [-0.39, 0.29) is 22.9 Å². The normalized spacial score (nSPS) is 23.1. The number of piperidine rings is 1. The maximum atomic E-state index is 13.3. The van der Waals surface area contributed by atoms with E-state index in [4.69, 9.17) is 11.6 Å².